The SMILES string of the molecule is NC1=NC(c2cccc(NC=O)c2)(C(F)(F)F)CCS1. The topological polar surface area (TPSA) is 67.5 Å². The lowest BCUT2D eigenvalue weighted by Gasteiger charge is -2.35. The number of benzene rings is 1. The molecule has 0 saturated carbocycles. The van der Waals surface area contributed by atoms with E-state index in [2.05, 4.69) is 10.3 Å². The average molecular weight is 303 g/mol. The van der Waals surface area contributed by atoms with E-state index in [1.807, 2.05) is 0 Å². The van der Waals surface area contributed by atoms with Crippen LogP contribution >= 0.6 is 11.8 Å². The Morgan fingerprint density at radius 3 is 2.80 bits per heavy atom. The maximum atomic E-state index is 13.5. The van der Waals surface area contributed by atoms with Crippen LogP contribution in [0, 0.1) is 0 Å². The molecule has 1 amide bonds. The lowest BCUT2D eigenvalue weighted by Crippen LogP contribution is -2.44. The zero-order chi connectivity index (χ0) is 14.8. The van der Waals surface area contributed by atoms with Gasteiger partial charge in [0.25, 0.3) is 0 Å². The van der Waals surface area contributed by atoms with Crippen molar-refractivity contribution in [3.63, 3.8) is 0 Å². The number of alkyl halides is 3. The Morgan fingerprint density at radius 2 is 2.20 bits per heavy atom. The number of amidine groups is 1. The number of nitrogens with two attached hydrogens (primary N) is 1. The maximum Gasteiger partial charge on any atom is 0.417 e. The smallest absolute Gasteiger partial charge is 0.379 e. The number of hydrogen-bond acceptors (Lipinski definition) is 4. The van der Waals surface area contributed by atoms with Gasteiger partial charge in [0.1, 0.15) is 0 Å². The highest BCUT2D eigenvalue weighted by Crippen LogP contribution is 2.48. The summed E-state index contributed by atoms with van der Waals surface area (Å²) in [5.74, 6) is 0.236. The molecule has 0 bridgehead atoms. The first-order chi connectivity index (χ1) is 9.39. The van der Waals surface area contributed by atoms with Crippen molar-refractivity contribution in [1.82, 2.24) is 0 Å². The summed E-state index contributed by atoms with van der Waals surface area (Å²) < 4.78 is 40.5. The Labute approximate surface area is 117 Å². The van der Waals surface area contributed by atoms with Gasteiger partial charge in [-0.1, -0.05) is 23.9 Å². The number of aliphatic imine (C=N–C) groups is 1. The monoisotopic (exact) mass is 303 g/mol. The molecule has 0 aromatic heterocycles. The minimum atomic E-state index is -4.56. The van der Waals surface area contributed by atoms with Crippen molar-refractivity contribution < 1.29 is 18.0 Å². The second kappa shape index (κ2) is 5.35. The molecule has 1 aliphatic rings. The van der Waals surface area contributed by atoms with E-state index in [-0.39, 0.29) is 28.6 Å². The van der Waals surface area contributed by atoms with Gasteiger partial charge in [0.15, 0.2) is 10.7 Å². The summed E-state index contributed by atoms with van der Waals surface area (Å²) in [4.78, 5) is 14.1. The Hall–Kier alpha value is -1.70. The number of amides is 1. The fraction of sp³-hybridized carbons (Fsp3) is 0.333. The van der Waals surface area contributed by atoms with Crippen molar-refractivity contribution in [3.8, 4) is 0 Å². The second-order valence-electron chi connectivity index (χ2n) is 4.25. The summed E-state index contributed by atoms with van der Waals surface area (Å²) in [6.07, 6.45) is -4.33. The molecule has 108 valence electrons. The molecule has 8 heteroatoms. The number of rotatable bonds is 3. The van der Waals surface area contributed by atoms with Gasteiger partial charge in [-0.15, -0.1) is 0 Å². The zero-order valence-electron chi connectivity index (χ0n) is 10.3. The lowest BCUT2D eigenvalue weighted by atomic mass is 9.86. The fourth-order valence-electron chi connectivity index (χ4n) is 2.09. The van der Waals surface area contributed by atoms with Crippen molar-refractivity contribution in [3.05, 3.63) is 29.8 Å². The number of carbonyl (C=O) groups is 1. The molecular formula is C12H12F3N3OS. The van der Waals surface area contributed by atoms with E-state index in [0.29, 0.717) is 6.41 Å². The molecule has 2 rings (SSSR count). The predicted molar refractivity (Wildman–Crippen MR) is 72.6 cm³/mol. The number of hydrogen-bond donors (Lipinski definition) is 2. The average Bonchev–Trinajstić information content (AvgIpc) is 2.38. The van der Waals surface area contributed by atoms with Crippen molar-refractivity contribution in [2.24, 2.45) is 10.7 Å². The van der Waals surface area contributed by atoms with E-state index in [1.165, 1.54) is 24.3 Å². The highest BCUT2D eigenvalue weighted by atomic mass is 32.2. The van der Waals surface area contributed by atoms with Gasteiger partial charge in [0.05, 0.1) is 0 Å². The van der Waals surface area contributed by atoms with Crippen molar-refractivity contribution in [2.75, 3.05) is 11.1 Å². The van der Waals surface area contributed by atoms with E-state index in [0.717, 1.165) is 11.8 Å². The van der Waals surface area contributed by atoms with Crippen LogP contribution in [0.4, 0.5) is 18.9 Å². The summed E-state index contributed by atoms with van der Waals surface area (Å²) >= 11 is 1.10. The number of nitrogens with one attached hydrogen (secondary N) is 1. The summed E-state index contributed by atoms with van der Waals surface area (Å²) in [6.45, 7) is 0. The molecule has 0 aliphatic carbocycles. The van der Waals surface area contributed by atoms with Crippen molar-refractivity contribution >= 4 is 29.0 Å². The first-order valence-electron chi connectivity index (χ1n) is 5.74. The Morgan fingerprint density at radius 1 is 1.45 bits per heavy atom. The van der Waals surface area contributed by atoms with Crippen LogP contribution in [0.5, 0.6) is 0 Å². The molecule has 1 aromatic carbocycles. The Kier molecular flexibility index (Phi) is 3.94. The van der Waals surface area contributed by atoms with E-state index >= 15 is 0 Å². The van der Waals surface area contributed by atoms with Gasteiger partial charge in [-0.3, -0.25) is 4.79 Å². The van der Waals surface area contributed by atoms with Gasteiger partial charge in [-0.25, -0.2) is 4.99 Å². The molecule has 20 heavy (non-hydrogen) atoms. The van der Waals surface area contributed by atoms with Crippen LogP contribution in [-0.2, 0) is 10.3 Å². The van der Waals surface area contributed by atoms with Gasteiger partial charge < -0.3 is 11.1 Å². The third kappa shape index (κ3) is 2.60. The molecule has 0 radical (unpaired) electrons. The zero-order valence-corrected chi connectivity index (χ0v) is 11.1. The second-order valence-corrected chi connectivity index (χ2v) is 5.36. The summed E-state index contributed by atoms with van der Waals surface area (Å²) in [5.41, 5.74) is 3.40. The molecule has 1 unspecified atom stereocenters. The van der Waals surface area contributed by atoms with Crippen LogP contribution < -0.4 is 11.1 Å². The molecule has 1 aromatic rings. The van der Waals surface area contributed by atoms with Crippen LogP contribution in [0.2, 0.25) is 0 Å². The predicted octanol–water partition coefficient (Wildman–Crippen LogP) is 2.46. The first-order valence-corrected chi connectivity index (χ1v) is 6.73. The minimum Gasteiger partial charge on any atom is -0.379 e. The fourth-order valence-corrected chi connectivity index (χ4v) is 2.92. The van der Waals surface area contributed by atoms with Crippen LogP contribution in [-0.4, -0.2) is 23.5 Å². The molecule has 0 spiro atoms. The highest BCUT2D eigenvalue weighted by Gasteiger charge is 2.57. The molecular weight excluding hydrogens is 291 g/mol. The normalized spacial score (nSPS) is 23.1. The number of halogens is 3. The number of carbonyl (C=O) groups excluding carboxylic acids is 1. The highest BCUT2D eigenvalue weighted by molar-refractivity contribution is 8.13. The molecule has 1 heterocycles. The minimum absolute atomic E-state index is 0.0277. The quantitative estimate of drug-likeness (QED) is 0.843. The third-order valence-electron chi connectivity index (χ3n) is 3.05. The third-order valence-corrected chi connectivity index (χ3v) is 3.84. The van der Waals surface area contributed by atoms with Crippen LogP contribution in [0.25, 0.3) is 0 Å². The van der Waals surface area contributed by atoms with E-state index in [1.54, 1.807) is 0 Å². The first kappa shape index (κ1) is 14.7. The van der Waals surface area contributed by atoms with Gasteiger partial charge in [0, 0.05) is 11.4 Å². The Bertz CT molecular complexity index is 547. The molecule has 0 saturated heterocycles. The molecule has 1 aliphatic heterocycles. The summed E-state index contributed by atoms with van der Waals surface area (Å²) in [5, 5.41) is 2.25. The molecule has 1 atom stereocenters. The Balaban J connectivity index is 2.55. The van der Waals surface area contributed by atoms with Gasteiger partial charge in [-0.2, -0.15) is 13.2 Å². The van der Waals surface area contributed by atoms with Crippen LogP contribution in [0.1, 0.15) is 12.0 Å². The number of thioether (sulfide) groups is 1. The van der Waals surface area contributed by atoms with Gasteiger partial charge in [-0.05, 0) is 24.1 Å². The number of nitrogens with zero attached hydrogens (tertiary/aromatic N) is 1. The molecule has 4 nitrogen and oxygen atoms in total. The molecule has 3 N–H and O–H groups in total. The lowest BCUT2D eigenvalue weighted by molar-refractivity contribution is -0.189. The van der Waals surface area contributed by atoms with E-state index in [9.17, 15) is 18.0 Å². The van der Waals surface area contributed by atoms with Crippen molar-refractivity contribution in [2.45, 2.75) is 18.1 Å². The summed E-state index contributed by atoms with van der Waals surface area (Å²) in [7, 11) is 0. The molecule has 0 fully saturated rings. The number of anilines is 1. The van der Waals surface area contributed by atoms with Gasteiger partial charge in [0.2, 0.25) is 6.41 Å². The van der Waals surface area contributed by atoms with E-state index < -0.39 is 11.7 Å². The van der Waals surface area contributed by atoms with Crippen LogP contribution in [0.15, 0.2) is 29.3 Å². The standard InChI is InChI=1S/C12H12F3N3OS/c13-12(14,15)11(4-5-20-10(16)18-11)8-2-1-3-9(6-8)17-7-19/h1-3,6-7H,4-5H2,(H2,16,18)(H,17,19). The largest absolute Gasteiger partial charge is 0.417 e. The van der Waals surface area contributed by atoms with Crippen LogP contribution in [0.3, 0.4) is 0 Å². The van der Waals surface area contributed by atoms with Crippen molar-refractivity contribution in [1.29, 1.82) is 0 Å². The summed E-state index contributed by atoms with van der Waals surface area (Å²) in [6, 6.07) is 5.57. The maximum absolute atomic E-state index is 13.5. The van der Waals surface area contributed by atoms with E-state index in [4.69, 9.17) is 5.73 Å². The van der Waals surface area contributed by atoms with Gasteiger partial charge >= 0.3 is 6.18 Å².